The molecule has 1 unspecified atom stereocenters. The van der Waals surface area contributed by atoms with Crippen molar-refractivity contribution in [1.82, 2.24) is 0 Å². The van der Waals surface area contributed by atoms with E-state index in [1.807, 2.05) is 67.6 Å². The Morgan fingerprint density at radius 1 is 0.941 bits per heavy atom. The zero-order chi connectivity index (χ0) is 12.1. The molecule has 0 fully saturated rings. The van der Waals surface area contributed by atoms with Gasteiger partial charge in [-0.3, -0.25) is 5.26 Å². The Bertz CT molecular complexity index is 453. The van der Waals surface area contributed by atoms with Crippen LogP contribution >= 0.6 is 0 Å². The fourth-order valence-electron chi connectivity index (χ4n) is 1.96. The van der Waals surface area contributed by atoms with E-state index >= 15 is 0 Å². The molecule has 0 aliphatic heterocycles. The third kappa shape index (κ3) is 2.73. The first-order valence-electron chi connectivity index (χ1n) is 5.67. The summed E-state index contributed by atoms with van der Waals surface area (Å²) in [7, 11) is 0. The minimum atomic E-state index is -0.706. The summed E-state index contributed by atoms with van der Waals surface area (Å²) in [6.45, 7) is 1.88. The highest BCUT2D eigenvalue weighted by Crippen LogP contribution is 2.28. The molecule has 0 bridgehead atoms. The van der Waals surface area contributed by atoms with Crippen LogP contribution in [-0.4, -0.2) is 5.26 Å². The van der Waals surface area contributed by atoms with Gasteiger partial charge < -0.3 is 0 Å². The molecule has 17 heavy (non-hydrogen) atoms. The first kappa shape index (κ1) is 11.8. The molecule has 0 heterocycles. The Balaban J connectivity index is 2.27. The number of hydrogen-bond donors (Lipinski definition) is 1. The van der Waals surface area contributed by atoms with Gasteiger partial charge in [0.2, 0.25) is 0 Å². The molecule has 0 aliphatic rings. The molecular formula is C15H16O2. The van der Waals surface area contributed by atoms with E-state index in [-0.39, 0.29) is 0 Å². The lowest BCUT2D eigenvalue weighted by Crippen LogP contribution is -2.27. The van der Waals surface area contributed by atoms with Crippen LogP contribution in [0.4, 0.5) is 0 Å². The summed E-state index contributed by atoms with van der Waals surface area (Å²) >= 11 is 0. The molecule has 2 heteroatoms. The number of rotatable bonds is 4. The lowest BCUT2D eigenvalue weighted by atomic mass is 9.89. The Labute approximate surface area is 101 Å². The maximum atomic E-state index is 9.20. The summed E-state index contributed by atoms with van der Waals surface area (Å²) in [4.78, 5) is 4.73. The highest BCUT2D eigenvalue weighted by atomic mass is 17.1. The van der Waals surface area contributed by atoms with Crippen molar-refractivity contribution in [1.29, 1.82) is 0 Å². The van der Waals surface area contributed by atoms with E-state index < -0.39 is 5.60 Å². The van der Waals surface area contributed by atoms with Crippen LogP contribution in [0, 0.1) is 0 Å². The average molecular weight is 228 g/mol. The standard InChI is InChI=1S/C15H16O2/c1-15(17-16,14-10-6-3-7-11-14)12-13-8-4-2-5-9-13/h2-11,16H,12H2,1H3. The zero-order valence-corrected chi connectivity index (χ0v) is 9.84. The van der Waals surface area contributed by atoms with Gasteiger partial charge in [0.15, 0.2) is 0 Å². The van der Waals surface area contributed by atoms with Crippen LogP contribution in [-0.2, 0) is 16.9 Å². The molecule has 0 spiro atoms. The van der Waals surface area contributed by atoms with Gasteiger partial charge in [-0.25, -0.2) is 4.89 Å². The SMILES string of the molecule is CC(Cc1ccccc1)(OO)c1ccccc1. The molecule has 0 amide bonds. The molecule has 1 N–H and O–H groups in total. The van der Waals surface area contributed by atoms with Crippen molar-refractivity contribution < 1.29 is 10.1 Å². The minimum Gasteiger partial charge on any atom is -0.251 e. The van der Waals surface area contributed by atoms with Crippen LogP contribution in [0.2, 0.25) is 0 Å². The molecule has 2 nitrogen and oxygen atoms in total. The second-order valence-electron chi connectivity index (χ2n) is 4.35. The zero-order valence-electron chi connectivity index (χ0n) is 9.84. The van der Waals surface area contributed by atoms with Gasteiger partial charge in [0.25, 0.3) is 0 Å². The molecule has 0 aromatic heterocycles. The van der Waals surface area contributed by atoms with Crippen molar-refractivity contribution in [3.05, 3.63) is 71.8 Å². The van der Waals surface area contributed by atoms with Crippen LogP contribution in [0.25, 0.3) is 0 Å². The fourth-order valence-corrected chi connectivity index (χ4v) is 1.96. The lowest BCUT2D eigenvalue weighted by Gasteiger charge is -2.26. The van der Waals surface area contributed by atoms with Crippen LogP contribution in [0.1, 0.15) is 18.1 Å². The van der Waals surface area contributed by atoms with E-state index in [9.17, 15) is 5.26 Å². The summed E-state index contributed by atoms with van der Waals surface area (Å²) in [6, 6.07) is 19.7. The van der Waals surface area contributed by atoms with Crippen LogP contribution in [0.5, 0.6) is 0 Å². The molecular weight excluding hydrogens is 212 g/mol. The van der Waals surface area contributed by atoms with E-state index in [0.717, 1.165) is 11.1 Å². The largest absolute Gasteiger partial charge is 0.251 e. The minimum absolute atomic E-state index is 0.633. The van der Waals surface area contributed by atoms with Crippen molar-refractivity contribution in [3.8, 4) is 0 Å². The first-order chi connectivity index (χ1) is 8.24. The van der Waals surface area contributed by atoms with E-state index in [1.165, 1.54) is 0 Å². The lowest BCUT2D eigenvalue weighted by molar-refractivity contribution is -0.323. The highest BCUT2D eigenvalue weighted by Gasteiger charge is 2.28. The Morgan fingerprint density at radius 2 is 1.47 bits per heavy atom. The van der Waals surface area contributed by atoms with E-state index in [0.29, 0.717) is 6.42 Å². The van der Waals surface area contributed by atoms with Crippen LogP contribution < -0.4 is 0 Å². The smallest absolute Gasteiger partial charge is 0.129 e. The summed E-state index contributed by atoms with van der Waals surface area (Å²) in [5.41, 5.74) is 1.39. The maximum Gasteiger partial charge on any atom is 0.129 e. The Kier molecular flexibility index (Phi) is 3.57. The van der Waals surface area contributed by atoms with Crippen molar-refractivity contribution in [2.75, 3.05) is 0 Å². The summed E-state index contributed by atoms with van der Waals surface area (Å²) in [5.74, 6) is 0. The molecule has 2 aromatic rings. The molecule has 0 saturated heterocycles. The molecule has 1 atom stereocenters. The molecule has 0 saturated carbocycles. The van der Waals surface area contributed by atoms with E-state index in [1.54, 1.807) is 0 Å². The van der Waals surface area contributed by atoms with E-state index in [2.05, 4.69) is 0 Å². The molecule has 88 valence electrons. The quantitative estimate of drug-likeness (QED) is 0.639. The van der Waals surface area contributed by atoms with Crippen LogP contribution in [0.3, 0.4) is 0 Å². The van der Waals surface area contributed by atoms with Crippen molar-refractivity contribution in [3.63, 3.8) is 0 Å². The Morgan fingerprint density at radius 3 is 2.00 bits per heavy atom. The molecule has 0 radical (unpaired) electrons. The second-order valence-corrected chi connectivity index (χ2v) is 4.35. The molecule has 2 aromatic carbocycles. The van der Waals surface area contributed by atoms with Crippen LogP contribution in [0.15, 0.2) is 60.7 Å². The van der Waals surface area contributed by atoms with Crippen molar-refractivity contribution in [2.45, 2.75) is 18.9 Å². The third-order valence-electron chi connectivity index (χ3n) is 2.97. The van der Waals surface area contributed by atoms with E-state index in [4.69, 9.17) is 4.89 Å². The van der Waals surface area contributed by atoms with Gasteiger partial charge in [0.05, 0.1) is 0 Å². The summed E-state index contributed by atoms with van der Waals surface area (Å²) < 4.78 is 0. The van der Waals surface area contributed by atoms with Gasteiger partial charge in [-0.05, 0) is 18.1 Å². The first-order valence-corrected chi connectivity index (χ1v) is 5.67. The van der Waals surface area contributed by atoms with Gasteiger partial charge in [-0.1, -0.05) is 60.7 Å². The second kappa shape index (κ2) is 5.13. The van der Waals surface area contributed by atoms with Gasteiger partial charge in [-0.2, -0.15) is 0 Å². The van der Waals surface area contributed by atoms with Gasteiger partial charge in [-0.15, -0.1) is 0 Å². The van der Waals surface area contributed by atoms with Gasteiger partial charge in [0.1, 0.15) is 5.60 Å². The molecule has 2 rings (SSSR count). The third-order valence-corrected chi connectivity index (χ3v) is 2.97. The average Bonchev–Trinajstić information content (AvgIpc) is 2.41. The van der Waals surface area contributed by atoms with Gasteiger partial charge >= 0.3 is 0 Å². The monoisotopic (exact) mass is 228 g/mol. The topological polar surface area (TPSA) is 29.5 Å². The van der Waals surface area contributed by atoms with Crippen molar-refractivity contribution >= 4 is 0 Å². The van der Waals surface area contributed by atoms with Crippen molar-refractivity contribution in [2.24, 2.45) is 0 Å². The number of benzene rings is 2. The summed E-state index contributed by atoms with van der Waals surface area (Å²) in [6.07, 6.45) is 0.633. The predicted molar refractivity (Wildman–Crippen MR) is 67.7 cm³/mol. The number of hydrogen-bond acceptors (Lipinski definition) is 2. The normalized spacial score (nSPS) is 14.2. The summed E-state index contributed by atoms with van der Waals surface area (Å²) in [5, 5.41) is 9.20. The van der Waals surface area contributed by atoms with Gasteiger partial charge in [0, 0.05) is 6.42 Å². The fraction of sp³-hybridized carbons (Fsp3) is 0.200. The Hall–Kier alpha value is -1.64. The predicted octanol–water partition coefficient (Wildman–Crippen LogP) is 3.63. The molecule has 0 aliphatic carbocycles. The highest BCUT2D eigenvalue weighted by molar-refractivity contribution is 5.26. The maximum absolute atomic E-state index is 9.20.